The Morgan fingerprint density at radius 1 is 1.09 bits per heavy atom. The van der Waals surface area contributed by atoms with Gasteiger partial charge in [0.2, 0.25) is 5.91 Å². The molecule has 0 atom stereocenters. The average Bonchev–Trinajstić information content (AvgIpc) is 3.33. The van der Waals surface area contributed by atoms with E-state index in [-0.39, 0.29) is 11.8 Å². The summed E-state index contributed by atoms with van der Waals surface area (Å²) in [5.74, 6) is -0.0722. The highest BCUT2D eigenvalue weighted by Crippen LogP contribution is 2.19. The standard InChI is InChI=1S/C19H20N2O2/c1-13-3-2-4-15(11-13)19(23)21-17-7-5-14(6-8-17)12-18(22)20-16-9-10-16/h2-8,11,16H,9-10,12H2,1H3,(H,20,22)(H,21,23). The summed E-state index contributed by atoms with van der Waals surface area (Å²) in [6.45, 7) is 1.96. The number of amides is 2. The first-order valence-corrected chi connectivity index (χ1v) is 7.86. The third-order valence-corrected chi connectivity index (χ3v) is 3.80. The van der Waals surface area contributed by atoms with E-state index >= 15 is 0 Å². The van der Waals surface area contributed by atoms with E-state index in [4.69, 9.17) is 0 Å². The Kier molecular flexibility index (Phi) is 4.42. The van der Waals surface area contributed by atoms with Crippen LogP contribution in [-0.2, 0) is 11.2 Å². The lowest BCUT2D eigenvalue weighted by Gasteiger charge is -2.07. The lowest BCUT2D eigenvalue weighted by atomic mass is 10.1. The fraction of sp³-hybridized carbons (Fsp3) is 0.263. The maximum absolute atomic E-state index is 12.2. The van der Waals surface area contributed by atoms with Gasteiger partial charge in [0.15, 0.2) is 0 Å². The molecule has 1 fully saturated rings. The highest BCUT2D eigenvalue weighted by molar-refractivity contribution is 6.04. The smallest absolute Gasteiger partial charge is 0.255 e. The van der Waals surface area contributed by atoms with Gasteiger partial charge in [0.25, 0.3) is 5.91 Å². The summed E-state index contributed by atoms with van der Waals surface area (Å²) in [5, 5.41) is 5.84. The number of carbonyl (C=O) groups is 2. The van der Waals surface area contributed by atoms with Gasteiger partial charge in [-0.1, -0.05) is 29.8 Å². The Morgan fingerprint density at radius 3 is 2.48 bits per heavy atom. The fourth-order valence-electron chi connectivity index (χ4n) is 2.39. The molecular formula is C19H20N2O2. The highest BCUT2D eigenvalue weighted by atomic mass is 16.2. The zero-order valence-corrected chi connectivity index (χ0v) is 13.1. The Hall–Kier alpha value is -2.62. The first kappa shape index (κ1) is 15.3. The van der Waals surface area contributed by atoms with Crippen molar-refractivity contribution in [2.45, 2.75) is 32.2 Å². The zero-order chi connectivity index (χ0) is 16.2. The lowest BCUT2D eigenvalue weighted by Crippen LogP contribution is -2.26. The number of aryl methyl sites for hydroxylation is 1. The van der Waals surface area contributed by atoms with Gasteiger partial charge >= 0.3 is 0 Å². The van der Waals surface area contributed by atoms with Crippen LogP contribution in [0.4, 0.5) is 5.69 Å². The van der Waals surface area contributed by atoms with Crippen LogP contribution in [-0.4, -0.2) is 17.9 Å². The van der Waals surface area contributed by atoms with Crippen LogP contribution in [0.1, 0.15) is 34.3 Å². The van der Waals surface area contributed by atoms with Crippen LogP contribution >= 0.6 is 0 Å². The van der Waals surface area contributed by atoms with Crippen molar-refractivity contribution >= 4 is 17.5 Å². The molecule has 0 bridgehead atoms. The molecule has 0 aromatic heterocycles. The van der Waals surface area contributed by atoms with E-state index < -0.39 is 0 Å². The monoisotopic (exact) mass is 308 g/mol. The van der Waals surface area contributed by atoms with E-state index in [1.54, 1.807) is 6.07 Å². The van der Waals surface area contributed by atoms with Crippen molar-refractivity contribution in [3.63, 3.8) is 0 Å². The molecule has 1 saturated carbocycles. The Balaban J connectivity index is 1.58. The minimum Gasteiger partial charge on any atom is -0.353 e. The average molecular weight is 308 g/mol. The molecule has 1 aliphatic carbocycles. The van der Waals surface area contributed by atoms with Gasteiger partial charge < -0.3 is 10.6 Å². The topological polar surface area (TPSA) is 58.2 Å². The zero-order valence-electron chi connectivity index (χ0n) is 13.1. The van der Waals surface area contributed by atoms with Gasteiger partial charge in [-0.15, -0.1) is 0 Å². The second kappa shape index (κ2) is 6.65. The molecule has 0 aliphatic heterocycles. The third kappa shape index (κ3) is 4.42. The van der Waals surface area contributed by atoms with Crippen LogP contribution in [0.15, 0.2) is 48.5 Å². The number of anilines is 1. The molecule has 2 N–H and O–H groups in total. The van der Waals surface area contributed by atoms with Gasteiger partial charge in [0.05, 0.1) is 6.42 Å². The molecule has 1 aliphatic rings. The van der Waals surface area contributed by atoms with Crippen LogP contribution in [0.5, 0.6) is 0 Å². The minimum atomic E-state index is -0.132. The number of nitrogens with one attached hydrogen (secondary N) is 2. The van der Waals surface area contributed by atoms with Crippen molar-refractivity contribution in [1.29, 1.82) is 0 Å². The summed E-state index contributed by atoms with van der Waals surface area (Å²) in [6, 6.07) is 15.3. The van der Waals surface area contributed by atoms with Gasteiger partial charge in [0, 0.05) is 17.3 Å². The molecule has 4 heteroatoms. The maximum Gasteiger partial charge on any atom is 0.255 e. The van der Waals surface area contributed by atoms with Crippen LogP contribution in [0.2, 0.25) is 0 Å². The first-order valence-electron chi connectivity index (χ1n) is 7.86. The molecule has 2 amide bonds. The maximum atomic E-state index is 12.2. The Morgan fingerprint density at radius 2 is 1.83 bits per heavy atom. The predicted molar refractivity (Wildman–Crippen MR) is 90.4 cm³/mol. The predicted octanol–water partition coefficient (Wildman–Crippen LogP) is 3.07. The van der Waals surface area contributed by atoms with Crippen molar-refractivity contribution in [3.8, 4) is 0 Å². The quantitative estimate of drug-likeness (QED) is 0.892. The van der Waals surface area contributed by atoms with E-state index in [1.165, 1.54) is 0 Å². The molecule has 0 heterocycles. The van der Waals surface area contributed by atoms with Crippen LogP contribution in [0.3, 0.4) is 0 Å². The van der Waals surface area contributed by atoms with Crippen LogP contribution < -0.4 is 10.6 Å². The minimum absolute atomic E-state index is 0.0593. The normalized spacial score (nSPS) is 13.4. The van der Waals surface area contributed by atoms with Gasteiger partial charge in [-0.2, -0.15) is 0 Å². The molecular weight excluding hydrogens is 288 g/mol. The highest BCUT2D eigenvalue weighted by Gasteiger charge is 2.23. The summed E-state index contributed by atoms with van der Waals surface area (Å²) < 4.78 is 0. The van der Waals surface area contributed by atoms with Crippen molar-refractivity contribution in [3.05, 3.63) is 65.2 Å². The third-order valence-electron chi connectivity index (χ3n) is 3.80. The Bertz CT molecular complexity index is 718. The number of hydrogen-bond acceptors (Lipinski definition) is 2. The van der Waals surface area contributed by atoms with Crippen molar-refractivity contribution in [2.24, 2.45) is 0 Å². The number of hydrogen-bond donors (Lipinski definition) is 2. The molecule has 0 radical (unpaired) electrons. The molecule has 23 heavy (non-hydrogen) atoms. The largest absolute Gasteiger partial charge is 0.353 e. The summed E-state index contributed by atoms with van der Waals surface area (Å²) in [5.41, 5.74) is 3.35. The molecule has 2 aromatic carbocycles. The molecule has 3 rings (SSSR count). The van der Waals surface area contributed by atoms with Crippen molar-refractivity contribution in [2.75, 3.05) is 5.32 Å². The molecule has 2 aromatic rings. The first-order chi connectivity index (χ1) is 11.1. The summed E-state index contributed by atoms with van der Waals surface area (Å²) in [7, 11) is 0. The van der Waals surface area contributed by atoms with Gasteiger partial charge in [-0.25, -0.2) is 0 Å². The number of benzene rings is 2. The van der Waals surface area contributed by atoms with Gasteiger partial charge in [0.1, 0.15) is 0 Å². The fourth-order valence-corrected chi connectivity index (χ4v) is 2.39. The van der Waals surface area contributed by atoms with E-state index in [0.29, 0.717) is 18.0 Å². The van der Waals surface area contributed by atoms with Gasteiger partial charge in [-0.05, 0) is 49.6 Å². The van der Waals surface area contributed by atoms with Crippen LogP contribution in [0, 0.1) is 6.92 Å². The number of rotatable bonds is 5. The molecule has 0 saturated heterocycles. The second-order valence-electron chi connectivity index (χ2n) is 6.04. The van der Waals surface area contributed by atoms with E-state index in [9.17, 15) is 9.59 Å². The summed E-state index contributed by atoms with van der Waals surface area (Å²) in [4.78, 5) is 23.9. The summed E-state index contributed by atoms with van der Waals surface area (Å²) >= 11 is 0. The van der Waals surface area contributed by atoms with Crippen molar-refractivity contribution in [1.82, 2.24) is 5.32 Å². The molecule has 0 spiro atoms. The summed E-state index contributed by atoms with van der Waals surface area (Å²) in [6.07, 6.45) is 2.56. The van der Waals surface area contributed by atoms with E-state index in [1.807, 2.05) is 49.4 Å². The number of carbonyl (C=O) groups excluding carboxylic acids is 2. The van der Waals surface area contributed by atoms with Crippen molar-refractivity contribution < 1.29 is 9.59 Å². The van der Waals surface area contributed by atoms with Gasteiger partial charge in [-0.3, -0.25) is 9.59 Å². The lowest BCUT2D eigenvalue weighted by molar-refractivity contribution is -0.120. The van der Waals surface area contributed by atoms with Crippen LogP contribution in [0.25, 0.3) is 0 Å². The second-order valence-corrected chi connectivity index (χ2v) is 6.04. The SMILES string of the molecule is Cc1cccc(C(=O)Nc2ccc(CC(=O)NC3CC3)cc2)c1. The van der Waals surface area contributed by atoms with E-state index in [2.05, 4.69) is 10.6 Å². The molecule has 4 nitrogen and oxygen atoms in total. The van der Waals surface area contributed by atoms with E-state index in [0.717, 1.165) is 29.7 Å². The molecule has 0 unspecified atom stereocenters. The molecule has 118 valence electrons. The Labute approximate surface area is 135 Å².